The molecule has 26 heavy (non-hydrogen) atoms. The molecule has 1 N–H and O–H groups in total. The van der Waals surface area contributed by atoms with E-state index in [1.54, 1.807) is 6.92 Å². The number of aliphatic hydroxyl groups is 1. The second kappa shape index (κ2) is 6.74. The quantitative estimate of drug-likeness (QED) is 0.495. The molecule has 0 bridgehead atoms. The number of Topliss-reactive ketones (excluding diaryl/α,β-unsaturated/α-hetero) is 1. The third kappa shape index (κ3) is 3.00. The predicted octanol–water partition coefficient (Wildman–Crippen LogP) is 5.55. The lowest BCUT2D eigenvalue weighted by Crippen LogP contribution is -2.19. The number of rotatable bonds is 4. The highest BCUT2D eigenvalue weighted by molar-refractivity contribution is 6.01. The van der Waals surface area contributed by atoms with E-state index in [1.165, 1.54) is 0 Å². The van der Waals surface area contributed by atoms with E-state index in [9.17, 15) is 9.90 Å². The average molecular weight is 340 g/mol. The van der Waals surface area contributed by atoms with Crippen LogP contribution in [0, 0.1) is 5.92 Å². The second-order valence-corrected chi connectivity index (χ2v) is 6.77. The van der Waals surface area contributed by atoms with Crippen molar-refractivity contribution in [1.29, 1.82) is 0 Å². The number of carbonyl (C=O) groups excluding carboxylic acids is 1. The number of hydrogen-bond donors (Lipinski definition) is 1. The maximum absolute atomic E-state index is 12.9. The van der Waals surface area contributed by atoms with Crippen LogP contribution in [0.5, 0.6) is 0 Å². The summed E-state index contributed by atoms with van der Waals surface area (Å²) in [7, 11) is 0. The van der Waals surface area contributed by atoms with Crippen molar-refractivity contribution in [2.24, 2.45) is 5.92 Å². The molecular formula is C24H20O2. The van der Waals surface area contributed by atoms with Gasteiger partial charge in [0.1, 0.15) is 0 Å². The predicted molar refractivity (Wildman–Crippen MR) is 106 cm³/mol. The minimum Gasteiger partial charge on any atom is -0.388 e. The number of ketones is 1. The fourth-order valence-corrected chi connectivity index (χ4v) is 3.43. The summed E-state index contributed by atoms with van der Waals surface area (Å²) in [4.78, 5) is 12.9. The van der Waals surface area contributed by atoms with Crippen molar-refractivity contribution in [2.75, 3.05) is 0 Å². The number of carbonyl (C=O) groups is 1. The van der Waals surface area contributed by atoms with Gasteiger partial charge in [-0.25, -0.2) is 0 Å². The molecule has 0 spiro atoms. The van der Waals surface area contributed by atoms with Gasteiger partial charge in [0.15, 0.2) is 5.78 Å². The third-order valence-corrected chi connectivity index (χ3v) is 5.04. The normalized spacial score (nSPS) is 13.6. The molecule has 0 aliphatic carbocycles. The van der Waals surface area contributed by atoms with Crippen LogP contribution in [0.4, 0.5) is 0 Å². The summed E-state index contributed by atoms with van der Waals surface area (Å²) in [5.41, 5.74) is 1.40. The van der Waals surface area contributed by atoms with Crippen LogP contribution in [-0.2, 0) is 0 Å². The van der Waals surface area contributed by atoms with Crippen molar-refractivity contribution < 1.29 is 9.90 Å². The fourth-order valence-electron chi connectivity index (χ4n) is 3.43. The first-order chi connectivity index (χ1) is 12.6. The molecule has 0 heterocycles. The minimum atomic E-state index is -0.835. The van der Waals surface area contributed by atoms with Gasteiger partial charge < -0.3 is 5.11 Å². The highest BCUT2D eigenvalue weighted by Gasteiger charge is 2.25. The van der Waals surface area contributed by atoms with E-state index in [1.807, 2.05) is 84.9 Å². The molecule has 0 aromatic heterocycles. The standard InChI is InChI=1S/C24H20O2/c1-16(23(25)21-12-10-17-6-2-4-8-19(17)14-21)24(26)22-13-11-18-7-3-5-9-20(18)15-22/h2-16,23,25H,1H3/t16-,23+/m0/s1. The zero-order chi connectivity index (χ0) is 18.1. The number of fused-ring (bicyclic) bond motifs is 2. The van der Waals surface area contributed by atoms with E-state index in [2.05, 4.69) is 0 Å². The van der Waals surface area contributed by atoms with E-state index in [0.717, 1.165) is 27.1 Å². The number of hydrogen-bond acceptors (Lipinski definition) is 2. The van der Waals surface area contributed by atoms with Gasteiger partial charge in [-0.1, -0.05) is 79.7 Å². The first-order valence-corrected chi connectivity index (χ1v) is 8.83. The monoisotopic (exact) mass is 340 g/mol. The molecule has 128 valence electrons. The molecule has 4 rings (SSSR count). The van der Waals surface area contributed by atoms with E-state index in [-0.39, 0.29) is 5.78 Å². The Morgan fingerprint density at radius 3 is 1.92 bits per heavy atom. The summed E-state index contributed by atoms with van der Waals surface area (Å²) in [5, 5.41) is 15.1. The van der Waals surface area contributed by atoms with Crippen LogP contribution in [0.3, 0.4) is 0 Å². The molecule has 0 fully saturated rings. The highest BCUT2D eigenvalue weighted by atomic mass is 16.3. The van der Waals surface area contributed by atoms with Crippen molar-refractivity contribution >= 4 is 27.3 Å². The molecule has 0 amide bonds. The second-order valence-electron chi connectivity index (χ2n) is 6.77. The topological polar surface area (TPSA) is 37.3 Å². The lowest BCUT2D eigenvalue weighted by atomic mass is 9.89. The highest BCUT2D eigenvalue weighted by Crippen LogP contribution is 2.28. The minimum absolute atomic E-state index is 0.0450. The van der Waals surface area contributed by atoms with Gasteiger partial charge in [0.05, 0.1) is 6.10 Å². The summed E-state index contributed by atoms with van der Waals surface area (Å²) in [6.07, 6.45) is -0.835. The zero-order valence-corrected chi connectivity index (χ0v) is 14.6. The summed E-state index contributed by atoms with van der Waals surface area (Å²) in [6.45, 7) is 1.79. The molecule has 2 heteroatoms. The molecular weight excluding hydrogens is 320 g/mol. The van der Waals surface area contributed by atoms with Crippen LogP contribution in [0.2, 0.25) is 0 Å². The molecule has 4 aromatic rings. The Bertz CT molecular complexity index is 1100. The SMILES string of the molecule is C[C@H](C(=O)c1ccc2ccccc2c1)[C@@H](O)c1ccc2ccccc2c1. The van der Waals surface area contributed by atoms with Crippen LogP contribution in [0.25, 0.3) is 21.5 Å². The van der Waals surface area contributed by atoms with E-state index < -0.39 is 12.0 Å². The zero-order valence-electron chi connectivity index (χ0n) is 14.6. The molecule has 0 aliphatic rings. The van der Waals surface area contributed by atoms with E-state index in [0.29, 0.717) is 5.56 Å². The molecule has 4 aromatic carbocycles. The van der Waals surface area contributed by atoms with Gasteiger partial charge in [-0.3, -0.25) is 4.79 Å². The van der Waals surface area contributed by atoms with Crippen molar-refractivity contribution in [3.63, 3.8) is 0 Å². The third-order valence-electron chi connectivity index (χ3n) is 5.04. The molecule has 0 saturated carbocycles. The molecule has 0 unspecified atom stereocenters. The fraction of sp³-hybridized carbons (Fsp3) is 0.125. The van der Waals surface area contributed by atoms with Crippen molar-refractivity contribution in [1.82, 2.24) is 0 Å². The number of aliphatic hydroxyl groups excluding tert-OH is 1. The Hall–Kier alpha value is -2.97. The van der Waals surface area contributed by atoms with Crippen LogP contribution >= 0.6 is 0 Å². The van der Waals surface area contributed by atoms with Gasteiger partial charge in [0.25, 0.3) is 0 Å². The first-order valence-electron chi connectivity index (χ1n) is 8.83. The largest absolute Gasteiger partial charge is 0.388 e. The lowest BCUT2D eigenvalue weighted by Gasteiger charge is -2.19. The van der Waals surface area contributed by atoms with Crippen molar-refractivity contribution in [2.45, 2.75) is 13.0 Å². The van der Waals surface area contributed by atoms with Gasteiger partial charge in [0.2, 0.25) is 0 Å². The summed E-state index contributed by atoms with van der Waals surface area (Å²) in [5.74, 6) is -0.561. The average Bonchev–Trinajstić information content (AvgIpc) is 2.71. The van der Waals surface area contributed by atoms with Crippen molar-refractivity contribution in [3.05, 3.63) is 96.1 Å². The summed E-state index contributed by atoms with van der Waals surface area (Å²) < 4.78 is 0. The number of benzene rings is 4. The smallest absolute Gasteiger partial charge is 0.168 e. The molecule has 0 aliphatic heterocycles. The molecule has 2 nitrogen and oxygen atoms in total. The van der Waals surface area contributed by atoms with E-state index >= 15 is 0 Å². The van der Waals surface area contributed by atoms with Crippen LogP contribution in [0.15, 0.2) is 84.9 Å². The van der Waals surface area contributed by atoms with Gasteiger partial charge in [0, 0.05) is 11.5 Å². The molecule has 2 atom stereocenters. The Morgan fingerprint density at radius 2 is 1.27 bits per heavy atom. The summed E-state index contributed by atoms with van der Waals surface area (Å²) >= 11 is 0. The summed E-state index contributed by atoms with van der Waals surface area (Å²) in [6, 6.07) is 27.5. The Balaban J connectivity index is 1.63. The van der Waals surface area contributed by atoms with E-state index in [4.69, 9.17) is 0 Å². The Kier molecular flexibility index (Phi) is 4.27. The molecule has 0 saturated heterocycles. The van der Waals surface area contributed by atoms with Crippen LogP contribution in [0.1, 0.15) is 28.9 Å². The first kappa shape index (κ1) is 16.5. The lowest BCUT2D eigenvalue weighted by molar-refractivity contribution is 0.0714. The Morgan fingerprint density at radius 1 is 0.731 bits per heavy atom. The molecule has 0 radical (unpaired) electrons. The van der Waals surface area contributed by atoms with Crippen LogP contribution < -0.4 is 0 Å². The van der Waals surface area contributed by atoms with Crippen LogP contribution in [-0.4, -0.2) is 10.9 Å². The van der Waals surface area contributed by atoms with Gasteiger partial charge in [-0.05, 0) is 39.2 Å². The maximum Gasteiger partial charge on any atom is 0.168 e. The van der Waals surface area contributed by atoms with Gasteiger partial charge >= 0.3 is 0 Å². The maximum atomic E-state index is 12.9. The van der Waals surface area contributed by atoms with Gasteiger partial charge in [-0.2, -0.15) is 0 Å². The van der Waals surface area contributed by atoms with Crippen molar-refractivity contribution in [3.8, 4) is 0 Å². The Labute approximate surface area is 152 Å². The van der Waals surface area contributed by atoms with Gasteiger partial charge in [-0.15, -0.1) is 0 Å².